The number of hydrogen-bond donors (Lipinski definition) is 0. The van der Waals surface area contributed by atoms with Crippen LogP contribution in [0.15, 0.2) is 35.5 Å². The number of benzene rings is 1. The number of nitrogens with zero attached hydrogens (tertiary/aromatic N) is 3. The number of hydrogen-bond acceptors (Lipinski definition) is 3. The number of fused-ring (bicyclic) bond motifs is 1. The molecule has 1 aliphatic carbocycles. The fourth-order valence-corrected chi connectivity index (χ4v) is 5.18. The smallest absolute Gasteiger partial charge is 0.235 e. The number of rotatable bonds is 4. The van der Waals surface area contributed by atoms with Gasteiger partial charge in [0.2, 0.25) is 5.91 Å². The van der Waals surface area contributed by atoms with Crippen LogP contribution in [0.5, 0.6) is 0 Å². The Kier molecular flexibility index (Phi) is 5.58. The predicted molar refractivity (Wildman–Crippen MR) is 111 cm³/mol. The lowest BCUT2D eigenvalue weighted by Gasteiger charge is -2.32. The van der Waals surface area contributed by atoms with Crippen molar-refractivity contribution >= 4 is 17.7 Å². The van der Waals surface area contributed by atoms with Gasteiger partial charge in [-0.05, 0) is 63.5 Å². The highest BCUT2D eigenvalue weighted by Crippen LogP contribution is 2.33. The molecule has 0 bridgehead atoms. The Balaban J connectivity index is 1.58. The molecule has 144 valence electrons. The standard InChI is InChI=1S/C22H29N3OS/c1-16-12-14-24(15-13-16)21(26)17(2)27-22-23-19-10-6-7-11-20(19)25(22)18-8-4-3-5-9-18/h3-5,8-9,16-17H,6-7,10-15H2,1-2H3. The first-order chi connectivity index (χ1) is 13.1. The van der Waals surface area contributed by atoms with Crippen molar-refractivity contribution < 1.29 is 4.79 Å². The van der Waals surface area contributed by atoms with E-state index in [1.165, 1.54) is 24.2 Å². The van der Waals surface area contributed by atoms with E-state index in [0.29, 0.717) is 0 Å². The van der Waals surface area contributed by atoms with E-state index in [9.17, 15) is 4.79 Å². The molecule has 1 saturated heterocycles. The van der Waals surface area contributed by atoms with Crippen molar-refractivity contribution in [3.63, 3.8) is 0 Å². The molecule has 2 aliphatic rings. The molecule has 1 fully saturated rings. The molecule has 1 aliphatic heterocycles. The summed E-state index contributed by atoms with van der Waals surface area (Å²) in [5, 5.41) is 0.865. The van der Waals surface area contributed by atoms with Crippen LogP contribution in [0.3, 0.4) is 0 Å². The topological polar surface area (TPSA) is 38.1 Å². The van der Waals surface area contributed by atoms with Crippen LogP contribution in [0.25, 0.3) is 5.69 Å². The average Bonchev–Trinajstić information content (AvgIpc) is 3.06. The minimum absolute atomic E-state index is 0.107. The van der Waals surface area contributed by atoms with E-state index in [1.54, 1.807) is 11.8 Å². The summed E-state index contributed by atoms with van der Waals surface area (Å²) < 4.78 is 2.29. The van der Waals surface area contributed by atoms with Crippen LogP contribution in [0.1, 0.15) is 50.9 Å². The Morgan fingerprint density at radius 1 is 1.15 bits per heavy atom. The van der Waals surface area contributed by atoms with Gasteiger partial charge >= 0.3 is 0 Å². The highest BCUT2D eigenvalue weighted by molar-refractivity contribution is 8.00. The van der Waals surface area contributed by atoms with E-state index < -0.39 is 0 Å². The molecule has 0 spiro atoms. The van der Waals surface area contributed by atoms with Gasteiger partial charge in [-0.2, -0.15) is 0 Å². The van der Waals surface area contributed by atoms with Crippen molar-refractivity contribution in [2.45, 2.75) is 62.8 Å². The monoisotopic (exact) mass is 383 g/mol. The molecule has 0 N–H and O–H groups in total. The van der Waals surface area contributed by atoms with Crippen LogP contribution in [0, 0.1) is 5.92 Å². The molecule has 4 rings (SSSR count). The molecule has 1 unspecified atom stereocenters. The molecule has 0 radical (unpaired) electrons. The van der Waals surface area contributed by atoms with Gasteiger partial charge in [0.1, 0.15) is 0 Å². The maximum absolute atomic E-state index is 13.0. The van der Waals surface area contributed by atoms with Crippen molar-refractivity contribution in [1.29, 1.82) is 0 Å². The Bertz CT molecular complexity index is 793. The maximum Gasteiger partial charge on any atom is 0.235 e. The third kappa shape index (κ3) is 3.93. The molecule has 1 atom stereocenters. The highest BCUT2D eigenvalue weighted by Gasteiger charge is 2.28. The molecule has 2 aromatic rings. The van der Waals surface area contributed by atoms with Crippen molar-refractivity contribution in [3.8, 4) is 5.69 Å². The third-order valence-corrected chi connectivity index (χ3v) is 6.88. The van der Waals surface area contributed by atoms with Crippen LogP contribution in [0.4, 0.5) is 0 Å². The predicted octanol–water partition coefficient (Wildman–Crippen LogP) is 4.49. The maximum atomic E-state index is 13.0. The van der Waals surface area contributed by atoms with Gasteiger partial charge in [-0.25, -0.2) is 4.98 Å². The number of imidazole rings is 1. The van der Waals surface area contributed by atoms with E-state index >= 15 is 0 Å². The molecular weight excluding hydrogens is 354 g/mol. The minimum Gasteiger partial charge on any atom is -0.342 e. The molecule has 5 heteroatoms. The number of piperidine rings is 1. The number of carbonyl (C=O) groups excluding carboxylic acids is 1. The fraction of sp³-hybridized carbons (Fsp3) is 0.545. The molecular formula is C22H29N3OS. The van der Waals surface area contributed by atoms with Crippen LogP contribution >= 0.6 is 11.8 Å². The van der Waals surface area contributed by atoms with Crippen LogP contribution in [0.2, 0.25) is 0 Å². The van der Waals surface area contributed by atoms with Crippen LogP contribution in [-0.2, 0) is 17.6 Å². The first kappa shape index (κ1) is 18.6. The van der Waals surface area contributed by atoms with Gasteiger partial charge in [0.15, 0.2) is 5.16 Å². The van der Waals surface area contributed by atoms with Crippen molar-refractivity contribution in [1.82, 2.24) is 14.5 Å². The van der Waals surface area contributed by atoms with E-state index in [2.05, 4.69) is 35.8 Å². The Morgan fingerprint density at radius 3 is 2.59 bits per heavy atom. The number of likely N-dealkylation sites (tertiary alicyclic amines) is 1. The summed E-state index contributed by atoms with van der Waals surface area (Å²) in [6, 6.07) is 10.5. The van der Waals surface area contributed by atoms with Crippen molar-refractivity contribution in [2.24, 2.45) is 5.92 Å². The number of aromatic nitrogens is 2. The van der Waals surface area contributed by atoms with E-state index in [0.717, 1.165) is 55.5 Å². The average molecular weight is 384 g/mol. The number of thioether (sulfide) groups is 1. The van der Waals surface area contributed by atoms with E-state index in [-0.39, 0.29) is 11.2 Å². The van der Waals surface area contributed by atoms with Gasteiger partial charge < -0.3 is 4.90 Å². The summed E-state index contributed by atoms with van der Waals surface area (Å²) in [5.41, 5.74) is 3.71. The molecule has 1 amide bonds. The van der Waals surface area contributed by atoms with Gasteiger partial charge in [0.05, 0.1) is 10.9 Å². The fourth-order valence-electron chi connectivity index (χ4n) is 4.13. The zero-order chi connectivity index (χ0) is 18.8. The summed E-state index contributed by atoms with van der Waals surface area (Å²) in [6.45, 7) is 6.11. The molecule has 1 aromatic carbocycles. The molecule has 4 nitrogen and oxygen atoms in total. The first-order valence-electron chi connectivity index (χ1n) is 10.2. The second kappa shape index (κ2) is 8.09. The summed E-state index contributed by atoms with van der Waals surface area (Å²) >= 11 is 1.62. The van der Waals surface area contributed by atoms with Crippen molar-refractivity contribution in [2.75, 3.05) is 13.1 Å². The summed E-state index contributed by atoms with van der Waals surface area (Å²) in [5.74, 6) is 0.994. The lowest BCUT2D eigenvalue weighted by molar-refractivity contribution is -0.131. The Labute approximate surface area is 166 Å². The second-order valence-corrected chi connectivity index (χ2v) is 9.24. The van der Waals surface area contributed by atoms with E-state index in [4.69, 9.17) is 4.98 Å². The summed E-state index contributed by atoms with van der Waals surface area (Å²) in [7, 11) is 0. The molecule has 1 aromatic heterocycles. The SMILES string of the molecule is CC1CCN(C(=O)C(C)Sc2nc3c(n2-c2ccccc2)CCCC3)CC1. The quantitative estimate of drug-likeness (QED) is 0.730. The number of carbonyl (C=O) groups is 1. The third-order valence-electron chi connectivity index (χ3n) is 5.84. The highest BCUT2D eigenvalue weighted by atomic mass is 32.2. The zero-order valence-electron chi connectivity index (χ0n) is 16.4. The number of para-hydroxylation sites is 1. The Hall–Kier alpha value is -1.75. The largest absolute Gasteiger partial charge is 0.342 e. The normalized spacial score (nSPS) is 19.0. The van der Waals surface area contributed by atoms with Gasteiger partial charge in [-0.15, -0.1) is 0 Å². The van der Waals surface area contributed by atoms with Gasteiger partial charge in [-0.1, -0.05) is 36.9 Å². The Morgan fingerprint density at radius 2 is 1.85 bits per heavy atom. The lowest BCUT2D eigenvalue weighted by Crippen LogP contribution is -2.41. The number of amides is 1. The second-order valence-electron chi connectivity index (χ2n) is 7.93. The van der Waals surface area contributed by atoms with Crippen LogP contribution < -0.4 is 0 Å². The van der Waals surface area contributed by atoms with Gasteiger partial charge in [0, 0.05) is 24.5 Å². The first-order valence-corrected chi connectivity index (χ1v) is 11.1. The van der Waals surface area contributed by atoms with Crippen LogP contribution in [-0.4, -0.2) is 38.7 Å². The van der Waals surface area contributed by atoms with Gasteiger partial charge in [-0.3, -0.25) is 9.36 Å². The lowest BCUT2D eigenvalue weighted by atomic mass is 9.99. The van der Waals surface area contributed by atoms with E-state index in [1.807, 2.05) is 17.9 Å². The summed E-state index contributed by atoms with van der Waals surface area (Å²) in [6.07, 6.45) is 6.80. The van der Waals surface area contributed by atoms with Gasteiger partial charge in [0.25, 0.3) is 0 Å². The number of aryl methyl sites for hydroxylation is 1. The summed E-state index contributed by atoms with van der Waals surface area (Å²) in [4.78, 5) is 20.0. The van der Waals surface area contributed by atoms with Crippen molar-refractivity contribution in [3.05, 3.63) is 41.7 Å². The molecule has 0 saturated carbocycles. The minimum atomic E-state index is -0.107. The molecule has 2 heterocycles. The molecule has 27 heavy (non-hydrogen) atoms. The zero-order valence-corrected chi connectivity index (χ0v) is 17.2.